The number of H-pyrrole nitrogens is 1. The third kappa shape index (κ3) is 3.76. The van der Waals surface area contributed by atoms with Crippen molar-refractivity contribution < 1.29 is 12.8 Å². The van der Waals surface area contributed by atoms with Gasteiger partial charge >= 0.3 is 0 Å². The van der Waals surface area contributed by atoms with Crippen LogP contribution in [0.4, 0.5) is 4.39 Å². The summed E-state index contributed by atoms with van der Waals surface area (Å²) in [6.07, 6.45) is 4.95. The van der Waals surface area contributed by atoms with Crippen LogP contribution in [0.2, 0.25) is 0 Å². The summed E-state index contributed by atoms with van der Waals surface area (Å²) in [5.74, 6) is -0.622. The van der Waals surface area contributed by atoms with Gasteiger partial charge in [0, 0.05) is 35.4 Å². The fraction of sp³-hybridized carbons (Fsp3) is 0.0833. The Hall–Kier alpha value is -3.98. The zero-order chi connectivity index (χ0) is 23.2. The van der Waals surface area contributed by atoms with Crippen molar-refractivity contribution >= 4 is 32.8 Å². The minimum Gasteiger partial charge on any atom is -0.354 e. The van der Waals surface area contributed by atoms with Crippen LogP contribution in [0.1, 0.15) is 11.3 Å². The monoisotopic (exact) mass is 461 g/mol. The molecule has 3 aromatic heterocycles. The molecule has 0 spiro atoms. The van der Waals surface area contributed by atoms with Crippen LogP contribution in [0.25, 0.3) is 27.8 Å². The van der Waals surface area contributed by atoms with Crippen LogP contribution in [0.3, 0.4) is 0 Å². The summed E-state index contributed by atoms with van der Waals surface area (Å²) in [5.41, 5.74) is 4.68. The summed E-state index contributed by atoms with van der Waals surface area (Å²) in [4.78, 5) is 7.64. The van der Waals surface area contributed by atoms with E-state index in [9.17, 15) is 12.8 Å². The number of hydrogen-bond acceptors (Lipinski definition) is 4. The van der Waals surface area contributed by atoms with Crippen LogP contribution in [-0.2, 0) is 10.0 Å². The van der Waals surface area contributed by atoms with Gasteiger partial charge < -0.3 is 4.98 Å². The number of aromatic nitrogens is 3. The minimum absolute atomic E-state index is 0.124. The lowest BCUT2D eigenvalue weighted by Crippen LogP contribution is -2.23. The lowest BCUT2D eigenvalue weighted by molar-refractivity contribution is 0.489. The molecule has 0 saturated heterocycles. The number of pyridine rings is 1. The quantitative estimate of drug-likeness (QED) is 0.307. The van der Waals surface area contributed by atoms with E-state index in [1.54, 1.807) is 13.1 Å². The molecular formula is C24H20FN5O2S. The predicted octanol–water partition coefficient (Wildman–Crippen LogP) is 4.58. The standard InChI is InChI=1S/C24H20FN5O2S/c1-16-7-9-19(25)12-23(16)33(31,32)29(2)27-14-20-13-26-24-10-8-18(15-30(20)24)22-11-17-5-3-4-6-21(17)28-22/h3-15,28H,1-2H3. The Bertz CT molecular complexity index is 1600. The second-order valence-corrected chi connectivity index (χ2v) is 9.61. The second-order valence-electron chi connectivity index (χ2n) is 7.69. The minimum atomic E-state index is -4.00. The number of hydrogen-bond donors (Lipinski definition) is 1. The maximum Gasteiger partial charge on any atom is 0.279 e. The Labute approximate surface area is 189 Å². The van der Waals surface area contributed by atoms with Crippen LogP contribution in [0.15, 0.2) is 83.1 Å². The zero-order valence-corrected chi connectivity index (χ0v) is 18.7. The van der Waals surface area contributed by atoms with Crippen molar-refractivity contribution in [2.75, 3.05) is 7.05 Å². The molecular weight excluding hydrogens is 441 g/mol. The summed E-state index contributed by atoms with van der Waals surface area (Å²) in [5, 5.41) is 5.21. The van der Waals surface area contributed by atoms with Crippen molar-refractivity contribution in [2.45, 2.75) is 11.8 Å². The van der Waals surface area contributed by atoms with Gasteiger partial charge in [-0.1, -0.05) is 24.3 Å². The van der Waals surface area contributed by atoms with Gasteiger partial charge in [0.1, 0.15) is 11.5 Å². The molecule has 33 heavy (non-hydrogen) atoms. The number of sulfonamides is 1. The number of hydrazone groups is 1. The first-order valence-electron chi connectivity index (χ1n) is 10.2. The van der Waals surface area contributed by atoms with Gasteiger partial charge in [-0.05, 0) is 48.9 Å². The molecule has 0 unspecified atom stereocenters. The summed E-state index contributed by atoms with van der Waals surface area (Å²) in [7, 11) is -2.69. The molecule has 7 nitrogen and oxygen atoms in total. The number of rotatable bonds is 5. The number of nitrogens with zero attached hydrogens (tertiary/aromatic N) is 4. The molecule has 0 atom stereocenters. The summed E-state index contributed by atoms with van der Waals surface area (Å²) in [6, 6.07) is 17.6. The Morgan fingerprint density at radius 1 is 1.12 bits per heavy atom. The number of aromatic amines is 1. The van der Waals surface area contributed by atoms with Crippen LogP contribution in [0.5, 0.6) is 0 Å². The van der Waals surface area contributed by atoms with Crippen molar-refractivity contribution in [3.05, 3.63) is 90.1 Å². The van der Waals surface area contributed by atoms with Gasteiger partial charge in [0.25, 0.3) is 10.0 Å². The van der Waals surface area contributed by atoms with Crippen LogP contribution in [-0.4, -0.2) is 40.5 Å². The predicted molar refractivity (Wildman–Crippen MR) is 126 cm³/mol. The summed E-state index contributed by atoms with van der Waals surface area (Å²) >= 11 is 0. The van der Waals surface area contributed by atoms with E-state index in [-0.39, 0.29) is 4.90 Å². The lowest BCUT2D eigenvalue weighted by Gasteiger charge is -2.15. The van der Waals surface area contributed by atoms with Crippen molar-refractivity contribution in [1.82, 2.24) is 18.8 Å². The summed E-state index contributed by atoms with van der Waals surface area (Å²) in [6.45, 7) is 1.61. The molecule has 3 heterocycles. The molecule has 0 radical (unpaired) electrons. The lowest BCUT2D eigenvalue weighted by atomic mass is 10.2. The van der Waals surface area contributed by atoms with Gasteiger partial charge in [-0.15, -0.1) is 0 Å². The van der Waals surface area contributed by atoms with Crippen LogP contribution >= 0.6 is 0 Å². The molecule has 166 valence electrons. The maximum absolute atomic E-state index is 13.6. The third-order valence-electron chi connectivity index (χ3n) is 5.50. The van der Waals surface area contributed by atoms with E-state index >= 15 is 0 Å². The van der Waals surface area contributed by atoms with Crippen LogP contribution < -0.4 is 0 Å². The Kier molecular flexibility index (Phi) is 4.98. The van der Waals surface area contributed by atoms with Gasteiger partial charge in [-0.25, -0.2) is 9.37 Å². The molecule has 0 amide bonds. The number of aryl methyl sites for hydroxylation is 1. The fourth-order valence-electron chi connectivity index (χ4n) is 3.68. The van der Waals surface area contributed by atoms with E-state index < -0.39 is 15.8 Å². The van der Waals surface area contributed by atoms with Crippen molar-refractivity contribution in [2.24, 2.45) is 5.10 Å². The Morgan fingerprint density at radius 3 is 2.76 bits per heavy atom. The number of imidazole rings is 1. The number of nitrogens with one attached hydrogen (secondary N) is 1. The van der Waals surface area contributed by atoms with E-state index in [4.69, 9.17) is 0 Å². The van der Waals surface area contributed by atoms with Gasteiger partial charge in [0.05, 0.1) is 23.0 Å². The van der Waals surface area contributed by atoms with Gasteiger partial charge in [0.2, 0.25) is 0 Å². The number of fused-ring (bicyclic) bond motifs is 2. The topological polar surface area (TPSA) is 82.8 Å². The number of benzene rings is 2. The number of halogens is 1. The molecule has 5 aromatic rings. The SMILES string of the molecule is Cc1ccc(F)cc1S(=O)(=O)N(C)N=Cc1cnc2ccc(-c3cc4ccccc4[nH]3)cn12. The summed E-state index contributed by atoms with van der Waals surface area (Å²) < 4.78 is 42.0. The number of para-hydroxylation sites is 1. The zero-order valence-electron chi connectivity index (χ0n) is 17.9. The highest BCUT2D eigenvalue weighted by Crippen LogP contribution is 2.25. The van der Waals surface area contributed by atoms with Gasteiger partial charge in [-0.2, -0.15) is 17.9 Å². The van der Waals surface area contributed by atoms with E-state index in [2.05, 4.69) is 21.1 Å². The molecule has 0 fully saturated rings. The molecule has 0 bridgehead atoms. The van der Waals surface area contributed by atoms with Crippen LogP contribution in [0, 0.1) is 12.7 Å². The molecule has 0 saturated carbocycles. The van der Waals surface area contributed by atoms with Gasteiger partial charge in [0.15, 0.2) is 0 Å². The highest BCUT2D eigenvalue weighted by molar-refractivity contribution is 7.89. The molecule has 0 aliphatic carbocycles. The second kappa shape index (κ2) is 7.86. The molecule has 0 aliphatic rings. The van der Waals surface area contributed by atoms with E-state index in [1.165, 1.54) is 25.4 Å². The van der Waals surface area contributed by atoms with Crippen molar-refractivity contribution in [1.29, 1.82) is 0 Å². The van der Waals surface area contributed by atoms with E-state index in [0.717, 1.165) is 32.6 Å². The Morgan fingerprint density at radius 2 is 1.94 bits per heavy atom. The average Bonchev–Trinajstić information content (AvgIpc) is 3.42. The van der Waals surface area contributed by atoms with Crippen molar-refractivity contribution in [3.8, 4) is 11.3 Å². The highest BCUT2D eigenvalue weighted by Gasteiger charge is 2.22. The first-order chi connectivity index (χ1) is 15.8. The smallest absolute Gasteiger partial charge is 0.279 e. The maximum atomic E-state index is 13.6. The third-order valence-corrected chi connectivity index (χ3v) is 7.29. The Balaban J connectivity index is 1.48. The first-order valence-corrected chi connectivity index (χ1v) is 11.6. The average molecular weight is 462 g/mol. The highest BCUT2D eigenvalue weighted by atomic mass is 32.2. The van der Waals surface area contributed by atoms with Crippen molar-refractivity contribution in [3.63, 3.8) is 0 Å². The fourth-order valence-corrected chi connectivity index (χ4v) is 4.87. The van der Waals surface area contributed by atoms with E-state index in [0.29, 0.717) is 16.9 Å². The molecule has 0 aliphatic heterocycles. The normalized spacial score (nSPS) is 12.2. The van der Waals surface area contributed by atoms with E-state index in [1.807, 2.05) is 47.0 Å². The first kappa shape index (κ1) is 20.9. The largest absolute Gasteiger partial charge is 0.354 e. The molecule has 5 rings (SSSR count). The molecule has 1 N–H and O–H groups in total. The van der Waals surface area contributed by atoms with Gasteiger partial charge in [-0.3, -0.25) is 4.40 Å². The molecule has 2 aromatic carbocycles. The molecule has 9 heteroatoms.